The van der Waals surface area contributed by atoms with Gasteiger partial charge in [-0.25, -0.2) is 4.39 Å². The van der Waals surface area contributed by atoms with E-state index in [1.807, 2.05) is 11.0 Å². The third-order valence-electron chi connectivity index (χ3n) is 2.57. The van der Waals surface area contributed by atoms with Crippen LogP contribution in [-0.2, 0) is 9.47 Å². The molecule has 0 aliphatic rings. The van der Waals surface area contributed by atoms with Gasteiger partial charge in [0.25, 0.3) is 0 Å². The van der Waals surface area contributed by atoms with Crippen molar-refractivity contribution in [3.8, 4) is 6.07 Å². The zero-order valence-electron chi connectivity index (χ0n) is 10.6. The number of methoxy groups -OCH3 is 2. The molecule has 4 nitrogen and oxygen atoms in total. The number of anilines is 1. The first kappa shape index (κ1) is 14.4. The van der Waals surface area contributed by atoms with Crippen molar-refractivity contribution in [3.05, 3.63) is 29.6 Å². The molecule has 98 valence electrons. The number of nitrogens with zero attached hydrogens (tertiary/aromatic N) is 2. The van der Waals surface area contributed by atoms with E-state index in [-0.39, 0.29) is 5.56 Å². The van der Waals surface area contributed by atoms with Crippen molar-refractivity contribution in [2.24, 2.45) is 0 Å². The van der Waals surface area contributed by atoms with Gasteiger partial charge in [0.2, 0.25) is 0 Å². The molecule has 0 aliphatic carbocycles. The van der Waals surface area contributed by atoms with Crippen molar-refractivity contribution < 1.29 is 13.9 Å². The largest absolute Gasteiger partial charge is 0.383 e. The lowest BCUT2D eigenvalue weighted by molar-refractivity contribution is 0.190. The zero-order chi connectivity index (χ0) is 13.4. The fourth-order valence-electron chi connectivity index (χ4n) is 1.64. The van der Waals surface area contributed by atoms with Crippen LogP contribution in [0.15, 0.2) is 18.2 Å². The van der Waals surface area contributed by atoms with Gasteiger partial charge in [0.15, 0.2) is 0 Å². The Kier molecular flexibility index (Phi) is 6.12. The highest BCUT2D eigenvalue weighted by atomic mass is 19.1. The van der Waals surface area contributed by atoms with Crippen LogP contribution < -0.4 is 4.90 Å². The molecule has 1 aromatic carbocycles. The van der Waals surface area contributed by atoms with Crippen LogP contribution >= 0.6 is 0 Å². The van der Waals surface area contributed by atoms with Gasteiger partial charge in [0, 0.05) is 27.3 Å². The van der Waals surface area contributed by atoms with Gasteiger partial charge in [-0.15, -0.1) is 0 Å². The number of rotatable bonds is 7. The molecule has 0 saturated carbocycles. The lowest BCUT2D eigenvalue weighted by Gasteiger charge is -2.25. The van der Waals surface area contributed by atoms with E-state index in [2.05, 4.69) is 0 Å². The van der Waals surface area contributed by atoms with Crippen LogP contribution in [0.25, 0.3) is 0 Å². The molecule has 0 amide bonds. The normalized spacial score (nSPS) is 10.1. The Bertz CT molecular complexity index is 410. The molecule has 0 N–H and O–H groups in total. The minimum Gasteiger partial charge on any atom is -0.383 e. The minimum absolute atomic E-state index is 0.0599. The maximum absolute atomic E-state index is 13.5. The van der Waals surface area contributed by atoms with E-state index in [9.17, 15) is 4.39 Å². The van der Waals surface area contributed by atoms with Crippen LogP contribution in [0.2, 0.25) is 0 Å². The topological polar surface area (TPSA) is 45.5 Å². The van der Waals surface area contributed by atoms with Crippen LogP contribution in [0.4, 0.5) is 10.1 Å². The van der Waals surface area contributed by atoms with E-state index in [0.717, 1.165) is 0 Å². The predicted octanol–water partition coefficient (Wildman–Crippen LogP) is 1.80. The summed E-state index contributed by atoms with van der Waals surface area (Å²) in [4.78, 5) is 1.88. The first-order valence-corrected chi connectivity index (χ1v) is 5.66. The molecule has 18 heavy (non-hydrogen) atoms. The van der Waals surface area contributed by atoms with E-state index in [4.69, 9.17) is 14.7 Å². The molecule has 5 heteroatoms. The van der Waals surface area contributed by atoms with Gasteiger partial charge in [-0.1, -0.05) is 6.07 Å². The van der Waals surface area contributed by atoms with Crippen LogP contribution in [-0.4, -0.2) is 40.5 Å². The summed E-state index contributed by atoms with van der Waals surface area (Å²) in [5, 5.41) is 9.02. The average Bonchev–Trinajstić information content (AvgIpc) is 2.39. The van der Waals surface area contributed by atoms with E-state index < -0.39 is 5.82 Å². The Morgan fingerprint density at radius 3 is 2.33 bits per heavy atom. The van der Waals surface area contributed by atoms with Gasteiger partial charge in [0.1, 0.15) is 17.4 Å². The third-order valence-corrected chi connectivity index (χ3v) is 2.57. The molecule has 0 spiro atoms. The van der Waals surface area contributed by atoms with Crippen LogP contribution in [0.3, 0.4) is 0 Å². The second-order valence-electron chi connectivity index (χ2n) is 3.72. The molecule has 0 atom stereocenters. The highest BCUT2D eigenvalue weighted by Crippen LogP contribution is 2.22. The second-order valence-corrected chi connectivity index (χ2v) is 3.72. The summed E-state index contributed by atoms with van der Waals surface area (Å²) >= 11 is 0. The van der Waals surface area contributed by atoms with E-state index in [0.29, 0.717) is 32.0 Å². The van der Waals surface area contributed by atoms with Gasteiger partial charge in [-0.3, -0.25) is 0 Å². The molecular weight excluding hydrogens is 235 g/mol. The number of nitriles is 1. The summed E-state index contributed by atoms with van der Waals surface area (Å²) in [7, 11) is 3.20. The highest BCUT2D eigenvalue weighted by Gasteiger charge is 2.14. The molecule has 0 fully saturated rings. The van der Waals surface area contributed by atoms with E-state index >= 15 is 0 Å². The number of ether oxygens (including phenoxy) is 2. The molecule has 1 rings (SSSR count). The molecule has 0 saturated heterocycles. The van der Waals surface area contributed by atoms with Gasteiger partial charge >= 0.3 is 0 Å². The van der Waals surface area contributed by atoms with Crippen LogP contribution in [0.5, 0.6) is 0 Å². The van der Waals surface area contributed by atoms with Crippen molar-refractivity contribution >= 4 is 5.69 Å². The van der Waals surface area contributed by atoms with Crippen LogP contribution in [0, 0.1) is 17.1 Å². The van der Waals surface area contributed by atoms with Gasteiger partial charge in [-0.2, -0.15) is 5.26 Å². The van der Waals surface area contributed by atoms with Crippen molar-refractivity contribution in [1.82, 2.24) is 0 Å². The van der Waals surface area contributed by atoms with Gasteiger partial charge in [0.05, 0.1) is 18.9 Å². The Morgan fingerprint density at radius 2 is 1.83 bits per heavy atom. The number of hydrogen-bond acceptors (Lipinski definition) is 4. The Morgan fingerprint density at radius 1 is 1.22 bits per heavy atom. The monoisotopic (exact) mass is 252 g/mol. The summed E-state index contributed by atoms with van der Waals surface area (Å²) in [6.45, 7) is 2.17. The third kappa shape index (κ3) is 3.69. The molecule has 0 heterocycles. The fourth-order valence-corrected chi connectivity index (χ4v) is 1.64. The van der Waals surface area contributed by atoms with Crippen molar-refractivity contribution in [2.45, 2.75) is 0 Å². The molecule has 0 bridgehead atoms. The number of halogens is 1. The Balaban J connectivity index is 2.96. The lowest BCUT2D eigenvalue weighted by Crippen LogP contribution is -2.31. The average molecular weight is 252 g/mol. The maximum Gasteiger partial charge on any atom is 0.143 e. The molecule has 0 unspecified atom stereocenters. The maximum atomic E-state index is 13.5. The van der Waals surface area contributed by atoms with Crippen LogP contribution in [0.1, 0.15) is 5.56 Å². The molecule has 1 aromatic rings. The summed E-state index contributed by atoms with van der Waals surface area (Å²) in [5.74, 6) is -0.505. The molecule has 0 aliphatic heterocycles. The summed E-state index contributed by atoms with van der Waals surface area (Å²) in [5.41, 5.74) is 0.635. The molecule has 0 aromatic heterocycles. The predicted molar refractivity (Wildman–Crippen MR) is 67.1 cm³/mol. The molecule has 0 radical (unpaired) electrons. The van der Waals surface area contributed by atoms with E-state index in [1.54, 1.807) is 26.4 Å². The zero-order valence-corrected chi connectivity index (χ0v) is 10.6. The van der Waals surface area contributed by atoms with Crippen molar-refractivity contribution in [1.29, 1.82) is 5.26 Å². The number of benzene rings is 1. The summed E-state index contributed by atoms with van der Waals surface area (Å²) in [6, 6.07) is 6.51. The number of hydrogen-bond donors (Lipinski definition) is 0. The van der Waals surface area contributed by atoms with Gasteiger partial charge in [-0.05, 0) is 12.1 Å². The fraction of sp³-hybridized carbons (Fsp3) is 0.462. The SMILES string of the molecule is COCCN(CCOC)c1cccc(F)c1C#N. The first-order chi connectivity index (χ1) is 8.74. The second kappa shape index (κ2) is 7.64. The van der Waals surface area contributed by atoms with Crippen molar-refractivity contribution in [3.63, 3.8) is 0 Å². The minimum atomic E-state index is -0.505. The lowest BCUT2D eigenvalue weighted by atomic mass is 10.1. The first-order valence-electron chi connectivity index (χ1n) is 5.66. The smallest absolute Gasteiger partial charge is 0.143 e. The standard InChI is InChI=1S/C13H17FN2O2/c1-17-8-6-16(7-9-18-2)13-5-3-4-12(14)11(13)10-15/h3-5H,6-9H2,1-2H3. The molecular formula is C13H17FN2O2. The summed E-state index contributed by atoms with van der Waals surface area (Å²) in [6.07, 6.45) is 0. The summed E-state index contributed by atoms with van der Waals surface area (Å²) < 4.78 is 23.6. The van der Waals surface area contributed by atoms with E-state index in [1.165, 1.54) is 6.07 Å². The highest BCUT2D eigenvalue weighted by molar-refractivity contribution is 5.59. The van der Waals surface area contributed by atoms with Crippen molar-refractivity contribution in [2.75, 3.05) is 45.4 Å². The quantitative estimate of drug-likeness (QED) is 0.742. The Hall–Kier alpha value is -1.64. The Labute approximate surface area is 107 Å². The van der Waals surface area contributed by atoms with Gasteiger partial charge < -0.3 is 14.4 Å².